The molecule has 1 saturated heterocycles. The first kappa shape index (κ1) is 9.16. The van der Waals surface area contributed by atoms with E-state index in [1.54, 1.807) is 0 Å². The molecule has 1 unspecified atom stereocenters. The van der Waals surface area contributed by atoms with E-state index in [1.165, 1.54) is 11.5 Å². The van der Waals surface area contributed by atoms with E-state index in [0.29, 0.717) is 12.1 Å². The van der Waals surface area contributed by atoms with E-state index in [-0.39, 0.29) is 0 Å². The Morgan fingerprint density at radius 2 is 2.31 bits per heavy atom. The first-order chi connectivity index (χ1) is 6.25. The van der Waals surface area contributed by atoms with Gasteiger partial charge in [0.05, 0.1) is 6.04 Å². The molecule has 1 aliphatic rings. The van der Waals surface area contributed by atoms with Crippen molar-refractivity contribution in [1.29, 1.82) is 0 Å². The number of nitrogens with one attached hydrogen (secondary N) is 1. The molecule has 0 amide bonds. The van der Waals surface area contributed by atoms with Crippen molar-refractivity contribution in [3.05, 3.63) is 23.7 Å². The summed E-state index contributed by atoms with van der Waals surface area (Å²) in [5.74, 6) is 4.52. The van der Waals surface area contributed by atoms with Crippen LogP contribution in [-0.4, -0.2) is 17.5 Å². The van der Waals surface area contributed by atoms with Gasteiger partial charge in [-0.25, -0.2) is 0 Å². The topological polar surface area (TPSA) is 25.2 Å². The summed E-state index contributed by atoms with van der Waals surface area (Å²) in [6, 6.07) is 5.10. The maximum Gasteiger partial charge on any atom is 0.120 e. The standard InChI is InChI=1S/C10H15NOS/c1-7-3-4-10(12-7)8(2)11-9-5-13-6-9/h3-4,8-9,11H,5-6H2,1-2H3. The zero-order valence-corrected chi connectivity index (χ0v) is 8.86. The van der Waals surface area contributed by atoms with E-state index in [2.05, 4.69) is 18.3 Å². The second-order valence-electron chi connectivity index (χ2n) is 3.57. The Kier molecular flexibility index (Phi) is 2.65. The summed E-state index contributed by atoms with van der Waals surface area (Å²) in [6.07, 6.45) is 0. The van der Waals surface area contributed by atoms with Crippen molar-refractivity contribution < 1.29 is 4.42 Å². The first-order valence-electron chi connectivity index (χ1n) is 4.66. The van der Waals surface area contributed by atoms with Crippen LogP contribution in [0.4, 0.5) is 0 Å². The van der Waals surface area contributed by atoms with Gasteiger partial charge in [-0.1, -0.05) is 0 Å². The Morgan fingerprint density at radius 1 is 1.54 bits per heavy atom. The number of thioether (sulfide) groups is 1. The van der Waals surface area contributed by atoms with Crippen LogP contribution in [0.3, 0.4) is 0 Å². The van der Waals surface area contributed by atoms with Crippen LogP contribution in [0.5, 0.6) is 0 Å². The van der Waals surface area contributed by atoms with Gasteiger partial charge in [-0.3, -0.25) is 0 Å². The lowest BCUT2D eigenvalue weighted by molar-refractivity contribution is 0.396. The molecule has 0 radical (unpaired) electrons. The van der Waals surface area contributed by atoms with Gasteiger partial charge in [-0.05, 0) is 26.0 Å². The third kappa shape index (κ3) is 2.09. The summed E-state index contributed by atoms with van der Waals surface area (Å²) in [5, 5.41) is 3.53. The van der Waals surface area contributed by atoms with E-state index >= 15 is 0 Å². The molecule has 1 fully saturated rings. The number of hydrogen-bond acceptors (Lipinski definition) is 3. The third-order valence-electron chi connectivity index (χ3n) is 2.31. The molecule has 2 heterocycles. The smallest absolute Gasteiger partial charge is 0.120 e. The summed E-state index contributed by atoms with van der Waals surface area (Å²) in [4.78, 5) is 0. The van der Waals surface area contributed by atoms with Crippen molar-refractivity contribution >= 4 is 11.8 Å². The van der Waals surface area contributed by atoms with E-state index in [4.69, 9.17) is 4.42 Å². The van der Waals surface area contributed by atoms with E-state index < -0.39 is 0 Å². The molecule has 1 aliphatic heterocycles. The summed E-state index contributed by atoms with van der Waals surface area (Å²) in [7, 11) is 0. The number of furan rings is 1. The molecule has 1 aromatic rings. The molecule has 0 aromatic carbocycles. The number of aryl methyl sites for hydroxylation is 1. The summed E-state index contributed by atoms with van der Waals surface area (Å²) >= 11 is 1.99. The van der Waals surface area contributed by atoms with Gasteiger partial charge in [0.1, 0.15) is 11.5 Å². The Morgan fingerprint density at radius 3 is 2.77 bits per heavy atom. The fraction of sp³-hybridized carbons (Fsp3) is 0.600. The largest absolute Gasteiger partial charge is 0.465 e. The zero-order valence-electron chi connectivity index (χ0n) is 8.04. The molecule has 2 rings (SSSR count). The van der Waals surface area contributed by atoms with Crippen molar-refractivity contribution in [1.82, 2.24) is 5.32 Å². The number of rotatable bonds is 3. The molecule has 2 nitrogen and oxygen atoms in total. The molecule has 3 heteroatoms. The van der Waals surface area contributed by atoms with Crippen LogP contribution in [0.15, 0.2) is 16.5 Å². The van der Waals surface area contributed by atoms with Crippen molar-refractivity contribution in [2.24, 2.45) is 0 Å². The Balaban J connectivity index is 1.92. The molecular formula is C10H15NOS. The molecule has 0 bridgehead atoms. The quantitative estimate of drug-likeness (QED) is 0.805. The van der Waals surface area contributed by atoms with Gasteiger partial charge in [0.2, 0.25) is 0 Å². The molecular weight excluding hydrogens is 182 g/mol. The van der Waals surface area contributed by atoms with Crippen LogP contribution in [0, 0.1) is 6.92 Å². The van der Waals surface area contributed by atoms with Gasteiger partial charge in [-0.15, -0.1) is 0 Å². The second kappa shape index (κ2) is 3.76. The highest BCUT2D eigenvalue weighted by atomic mass is 32.2. The van der Waals surface area contributed by atoms with Crippen molar-refractivity contribution in [2.75, 3.05) is 11.5 Å². The average Bonchev–Trinajstić information content (AvgIpc) is 2.44. The highest BCUT2D eigenvalue weighted by Crippen LogP contribution is 2.22. The molecule has 72 valence electrons. The number of hydrogen-bond donors (Lipinski definition) is 1. The van der Waals surface area contributed by atoms with Crippen LogP contribution in [0.25, 0.3) is 0 Å². The Bertz CT molecular complexity index is 280. The van der Waals surface area contributed by atoms with E-state index in [1.807, 2.05) is 24.8 Å². The van der Waals surface area contributed by atoms with E-state index in [0.717, 1.165) is 11.5 Å². The minimum atomic E-state index is 0.347. The summed E-state index contributed by atoms with van der Waals surface area (Å²) < 4.78 is 5.55. The molecule has 0 spiro atoms. The van der Waals surface area contributed by atoms with Crippen LogP contribution >= 0.6 is 11.8 Å². The van der Waals surface area contributed by atoms with Crippen LogP contribution in [-0.2, 0) is 0 Å². The minimum absolute atomic E-state index is 0.347. The molecule has 1 atom stereocenters. The lowest BCUT2D eigenvalue weighted by atomic mass is 10.2. The van der Waals surface area contributed by atoms with Gasteiger partial charge < -0.3 is 9.73 Å². The van der Waals surface area contributed by atoms with Gasteiger partial charge >= 0.3 is 0 Å². The Hall–Kier alpha value is -0.410. The highest BCUT2D eigenvalue weighted by Gasteiger charge is 2.21. The fourth-order valence-corrected chi connectivity index (χ4v) is 2.12. The molecule has 1 N–H and O–H groups in total. The van der Waals surface area contributed by atoms with Gasteiger partial charge in [0.15, 0.2) is 0 Å². The lowest BCUT2D eigenvalue weighted by Gasteiger charge is -2.28. The van der Waals surface area contributed by atoms with Crippen molar-refractivity contribution in [3.63, 3.8) is 0 Å². The second-order valence-corrected chi connectivity index (χ2v) is 4.65. The van der Waals surface area contributed by atoms with Gasteiger partial charge in [0.25, 0.3) is 0 Å². The highest BCUT2D eigenvalue weighted by molar-refractivity contribution is 8.00. The Labute approximate surface area is 83.1 Å². The van der Waals surface area contributed by atoms with Crippen LogP contribution in [0.1, 0.15) is 24.5 Å². The maximum atomic E-state index is 5.55. The van der Waals surface area contributed by atoms with Gasteiger partial charge in [-0.2, -0.15) is 11.8 Å². The summed E-state index contributed by atoms with van der Waals surface area (Å²) in [6.45, 7) is 4.14. The lowest BCUT2D eigenvalue weighted by Crippen LogP contribution is -2.41. The monoisotopic (exact) mass is 197 g/mol. The van der Waals surface area contributed by atoms with Crippen molar-refractivity contribution in [2.45, 2.75) is 25.9 Å². The van der Waals surface area contributed by atoms with Gasteiger partial charge in [0, 0.05) is 17.5 Å². The molecule has 13 heavy (non-hydrogen) atoms. The SMILES string of the molecule is Cc1ccc(C(C)NC2CSC2)o1. The molecule has 0 saturated carbocycles. The predicted octanol–water partition coefficient (Wildman–Crippen LogP) is 2.35. The zero-order chi connectivity index (χ0) is 9.26. The summed E-state index contributed by atoms with van der Waals surface area (Å²) in [5.41, 5.74) is 0. The fourth-order valence-electron chi connectivity index (χ4n) is 1.45. The van der Waals surface area contributed by atoms with E-state index in [9.17, 15) is 0 Å². The third-order valence-corrected chi connectivity index (χ3v) is 3.59. The first-order valence-corrected chi connectivity index (χ1v) is 5.81. The minimum Gasteiger partial charge on any atom is -0.465 e. The normalized spacial score (nSPS) is 19.8. The van der Waals surface area contributed by atoms with Crippen molar-refractivity contribution in [3.8, 4) is 0 Å². The van der Waals surface area contributed by atoms with Crippen LogP contribution < -0.4 is 5.32 Å². The van der Waals surface area contributed by atoms with Crippen LogP contribution in [0.2, 0.25) is 0 Å². The maximum absolute atomic E-state index is 5.55. The molecule has 0 aliphatic carbocycles. The molecule has 1 aromatic heterocycles. The average molecular weight is 197 g/mol. The predicted molar refractivity (Wildman–Crippen MR) is 56.1 cm³/mol.